The largest absolute Gasteiger partial charge is 0.380 e. The van der Waals surface area contributed by atoms with E-state index in [1.54, 1.807) is 24.9 Å². The van der Waals surface area contributed by atoms with Crippen molar-refractivity contribution in [3.63, 3.8) is 0 Å². The van der Waals surface area contributed by atoms with Crippen LogP contribution in [0.25, 0.3) is 0 Å². The molecule has 3 nitrogen and oxygen atoms in total. The summed E-state index contributed by atoms with van der Waals surface area (Å²) >= 11 is 7.70. The predicted octanol–water partition coefficient (Wildman–Crippen LogP) is 4.14. The summed E-state index contributed by atoms with van der Waals surface area (Å²) in [6.45, 7) is 0.965. The minimum absolute atomic E-state index is 0.173. The topological polar surface area (TPSA) is 38.3 Å². The van der Waals surface area contributed by atoms with Crippen LogP contribution in [0, 0.1) is 0 Å². The second-order valence-corrected chi connectivity index (χ2v) is 6.02. The van der Waals surface area contributed by atoms with Crippen LogP contribution in [0.4, 0.5) is 0 Å². The number of rotatable bonds is 6. The van der Waals surface area contributed by atoms with E-state index in [1.165, 1.54) is 0 Å². The smallest absolute Gasteiger partial charge is 0.253 e. The monoisotopic (exact) mass is 335 g/mol. The van der Waals surface area contributed by atoms with Crippen LogP contribution < -0.4 is 5.32 Å². The van der Waals surface area contributed by atoms with Gasteiger partial charge < -0.3 is 10.1 Å². The van der Waals surface area contributed by atoms with Crippen LogP contribution in [0.5, 0.6) is 0 Å². The maximum atomic E-state index is 12.3. The lowest BCUT2D eigenvalue weighted by atomic mass is 10.1. The van der Waals surface area contributed by atoms with Gasteiger partial charge in [0.05, 0.1) is 17.2 Å². The lowest BCUT2D eigenvalue weighted by Gasteiger charge is -2.11. The van der Waals surface area contributed by atoms with Crippen molar-refractivity contribution in [3.05, 3.63) is 64.2 Å². The van der Waals surface area contributed by atoms with Gasteiger partial charge in [-0.1, -0.05) is 35.9 Å². The molecule has 0 saturated heterocycles. The highest BCUT2D eigenvalue weighted by molar-refractivity contribution is 7.98. The van der Waals surface area contributed by atoms with Gasteiger partial charge in [0, 0.05) is 18.6 Å². The summed E-state index contributed by atoms with van der Waals surface area (Å²) in [5.74, 6) is -0.173. The molecule has 2 aromatic rings. The van der Waals surface area contributed by atoms with E-state index in [-0.39, 0.29) is 5.91 Å². The van der Waals surface area contributed by atoms with Gasteiger partial charge in [0.2, 0.25) is 0 Å². The molecule has 0 atom stereocenters. The molecule has 0 aliphatic rings. The van der Waals surface area contributed by atoms with E-state index in [1.807, 2.05) is 42.7 Å². The summed E-state index contributed by atoms with van der Waals surface area (Å²) in [6, 6.07) is 13.3. The molecular formula is C17H18ClNO2S. The summed E-state index contributed by atoms with van der Waals surface area (Å²) in [7, 11) is 1.66. The van der Waals surface area contributed by atoms with Crippen LogP contribution >= 0.6 is 23.4 Å². The van der Waals surface area contributed by atoms with Crippen molar-refractivity contribution < 1.29 is 9.53 Å². The van der Waals surface area contributed by atoms with Gasteiger partial charge in [0.15, 0.2) is 0 Å². The molecule has 1 amide bonds. The van der Waals surface area contributed by atoms with Crippen LogP contribution in [-0.4, -0.2) is 19.3 Å². The van der Waals surface area contributed by atoms with Crippen molar-refractivity contribution in [3.8, 4) is 0 Å². The molecule has 0 fully saturated rings. The van der Waals surface area contributed by atoms with Crippen LogP contribution in [0.15, 0.2) is 47.4 Å². The van der Waals surface area contributed by atoms with E-state index in [0.29, 0.717) is 23.7 Å². The molecular weight excluding hydrogens is 318 g/mol. The molecule has 0 aromatic heterocycles. The van der Waals surface area contributed by atoms with Crippen molar-refractivity contribution in [2.45, 2.75) is 18.0 Å². The van der Waals surface area contributed by atoms with Gasteiger partial charge in [-0.2, -0.15) is 0 Å². The van der Waals surface area contributed by atoms with E-state index >= 15 is 0 Å². The van der Waals surface area contributed by atoms with Gasteiger partial charge in [0.1, 0.15) is 0 Å². The Hall–Kier alpha value is -1.49. The first-order valence-corrected chi connectivity index (χ1v) is 8.43. The Kier molecular flexibility index (Phi) is 6.31. The van der Waals surface area contributed by atoms with Gasteiger partial charge in [-0.25, -0.2) is 0 Å². The number of thioether (sulfide) groups is 1. The predicted molar refractivity (Wildman–Crippen MR) is 91.6 cm³/mol. The first kappa shape index (κ1) is 16.9. The summed E-state index contributed by atoms with van der Waals surface area (Å²) in [5, 5.41) is 3.38. The average molecular weight is 336 g/mol. The van der Waals surface area contributed by atoms with E-state index in [9.17, 15) is 4.79 Å². The van der Waals surface area contributed by atoms with E-state index in [0.717, 1.165) is 16.0 Å². The molecule has 1 N–H and O–H groups in total. The normalized spacial score (nSPS) is 10.5. The van der Waals surface area contributed by atoms with Crippen molar-refractivity contribution in [2.24, 2.45) is 0 Å². The zero-order valence-corrected chi connectivity index (χ0v) is 14.1. The van der Waals surface area contributed by atoms with Gasteiger partial charge in [-0.05, 0) is 35.6 Å². The molecule has 116 valence electrons. The quantitative estimate of drug-likeness (QED) is 0.806. The molecule has 0 saturated carbocycles. The zero-order chi connectivity index (χ0) is 15.9. The van der Waals surface area contributed by atoms with Crippen LogP contribution in [0.3, 0.4) is 0 Å². The fraction of sp³-hybridized carbons (Fsp3) is 0.235. The summed E-state index contributed by atoms with van der Waals surface area (Å²) in [6.07, 6.45) is 1.96. The Balaban J connectivity index is 2.10. The Bertz CT molecular complexity index is 661. The van der Waals surface area contributed by atoms with Crippen molar-refractivity contribution in [1.29, 1.82) is 0 Å². The maximum Gasteiger partial charge on any atom is 0.253 e. The Labute approximate surface area is 140 Å². The highest BCUT2D eigenvalue weighted by atomic mass is 35.5. The Morgan fingerprint density at radius 1 is 1.23 bits per heavy atom. The number of ether oxygens (including phenoxy) is 1. The second-order valence-electron chi connectivity index (χ2n) is 4.73. The van der Waals surface area contributed by atoms with E-state index in [4.69, 9.17) is 16.3 Å². The first-order valence-electron chi connectivity index (χ1n) is 6.83. The van der Waals surface area contributed by atoms with Crippen molar-refractivity contribution in [2.75, 3.05) is 13.4 Å². The van der Waals surface area contributed by atoms with Crippen LogP contribution in [0.1, 0.15) is 21.5 Å². The van der Waals surface area contributed by atoms with Gasteiger partial charge >= 0.3 is 0 Å². The fourth-order valence-corrected chi connectivity index (χ4v) is 2.75. The van der Waals surface area contributed by atoms with Crippen molar-refractivity contribution >= 4 is 29.3 Å². The van der Waals surface area contributed by atoms with Gasteiger partial charge in [0.25, 0.3) is 5.91 Å². The Morgan fingerprint density at radius 2 is 1.95 bits per heavy atom. The maximum absolute atomic E-state index is 12.3. The number of amides is 1. The van der Waals surface area contributed by atoms with Crippen molar-refractivity contribution in [1.82, 2.24) is 5.32 Å². The number of nitrogens with one attached hydrogen (secondary N) is 1. The van der Waals surface area contributed by atoms with Crippen LogP contribution in [-0.2, 0) is 17.9 Å². The van der Waals surface area contributed by atoms with Gasteiger partial charge in [-0.3, -0.25) is 4.79 Å². The molecule has 2 aromatic carbocycles. The molecule has 5 heteroatoms. The molecule has 0 unspecified atom stereocenters. The number of halogens is 1. The number of carbonyl (C=O) groups excluding carboxylic acids is 1. The molecule has 0 heterocycles. The van der Waals surface area contributed by atoms with E-state index < -0.39 is 0 Å². The minimum Gasteiger partial charge on any atom is -0.380 e. The molecule has 0 spiro atoms. The third kappa shape index (κ3) is 4.26. The van der Waals surface area contributed by atoms with E-state index in [2.05, 4.69) is 5.32 Å². The first-order chi connectivity index (χ1) is 10.7. The lowest BCUT2D eigenvalue weighted by Crippen LogP contribution is -2.23. The fourth-order valence-electron chi connectivity index (χ4n) is 2.10. The number of carbonyl (C=O) groups is 1. The van der Waals surface area contributed by atoms with Crippen LogP contribution in [0.2, 0.25) is 5.02 Å². The molecule has 0 aliphatic heterocycles. The SMILES string of the molecule is COCc1ccccc1CNC(=O)c1cc(SC)ccc1Cl. The number of methoxy groups -OCH3 is 1. The average Bonchev–Trinajstić information content (AvgIpc) is 2.54. The molecule has 2 rings (SSSR count). The Morgan fingerprint density at radius 3 is 2.64 bits per heavy atom. The summed E-state index contributed by atoms with van der Waals surface area (Å²) < 4.78 is 5.17. The molecule has 0 aliphatic carbocycles. The number of benzene rings is 2. The third-order valence-electron chi connectivity index (χ3n) is 3.28. The molecule has 0 bridgehead atoms. The summed E-state index contributed by atoms with van der Waals surface area (Å²) in [4.78, 5) is 13.3. The highest BCUT2D eigenvalue weighted by Gasteiger charge is 2.11. The minimum atomic E-state index is -0.173. The highest BCUT2D eigenvalue weighted by Crippen LogP contribution is 2.23. The number of hydrogen-bond acceptors (Lipinski definition) is 3. The standard InChI is InChI=1S/C17H18ClNO2S/c1-21-11-13-6-4-3-5-12(13)10-19-17(20)15-9-14(22-2)7-8-16(15)18/h3-9H,10-11H2,1-2H3,(H,19,20). The lowest BCUT2D eigenvalue weighted by molar-refractivity contribution is 0.0950. The summed E-state index contributed by atoms with van der Waals surface area (Å²) in [5.41, 5.74) is 2.60. The third-order valence-corrected chi connectivity index (χ3v) is 4.33. The second kappa shape index (κ2) is 8.22. The van der Waals surface area contributed by atoms with Gasteiger partial charge in [-0.15, -0.1) is 11.8 Å². The molecule has 22 heavy (non-hydrogen) atoms. The number of hydrogen-bond donors (Lipinski definition) is 1. The molecule has 0 radical (unpaired) electrons. The zero-order valence-electron chi connectivity index (χ0n) is 12.6.